The van der Waals surface area contributed by atoms with Gasteiger partial charge in [-0.2, -0.15) is 0 Å². The Morgan fingerprint density at radius 2 is 1.79 bits per heavy atom. The number of nitrogens with one attached hydrogen (secondary N) is 2. The first-order valence-corrected chi connectivity index (χ1v) is 7.25. The van der Waals surface area contributed by atoms with Crippen LogP contribution >= 0.6 is 0 Å². The van der Waals surface area contributed by atoms with Crippen LogP contribution in [0.2, 0.25) is 0 Å². The molecule has 0 radical (unpaired) electrons. The molecule has 0 atom stereocenters. The zero-order valence-corrected chi connectivity index (χ0v) is 12.4. The average molecular weight is 265 g/mol. The number of anilines is 2. The van der Waals surface area contributed by atoms with E-state index in [2.05, 4.69) is 36.4 Å². The van der Waals surface area contributed by atoms with Gasteiger partial charge in [0.1, 0.15) is 11.6 Å². The van der Waals surface area contributed by atoms with Crippen LogP contribution in [0.1, 0.15) is 33.6 Å². The number of aromatic nitrogens is 1. The van der Waals surface area contributed by atoms with Gasteiger partial charge in [0.05, 0.1) is 6.61 Å². The molecule has 0 amide bonds. The van der Waals surface area contributed by atoms with Crippen molar-refractivity contribution in [3.8, 4) is 0 Å². The Kier molecular flexibility index (Phi) is 7.98. The summed E-state index contributed by atoms with van der Waals surface area (Å²) >= 11 is 0. The summed E-state index contributed by atoms with van der Waals surface area (Å²) < 4.78 is 5.56. The fourth-order valence-electron chi connectivity index (χ4n) is 1.56. The Labute approximate surface area is 117 Å². The quantitative estimate of drug-likeness (QED) is 0.637. The van der Waals surface area contributed by atoms with E-state index in [9.17, 15) is 0 Å². The third-order valence-electron chi connectivity index (χ3n) is 2.70. The van der Waals surface area contributed by atoms with E-state index in [0.717, 1.165) is 50.8 Å². The zero-order valence-electron chi connectivity index (χ0n) is 12.4. The number of nitrogens with zero attached hydrogens (tertiary/aromatic N) is 1. The lowest BCUT2D eigenvalue weighted by Crippen LogP contribution is -2.12. The lowest BCUT2D eigenvalue weighted by molar-refractivity contribution is 0.132. The Morgan fingerprint density at radius 3 is 2.42 bits per heavy atom. The van der Waals surface area contributed by atoms with Crippen LogP contribution in [0.15, 0.2) is 18.2 Å². The van der Waals surface area contributed by atoms with Crippen molar-refractivity contribution in [2.75, 3.05) is 36.9 Å². The third-order valence-corrected chi connectivity index (χ3v) is 2.70. The van der Waals surface area contributed by atoms with Gasteiger partial charge in [-0.25, -0.2) is 4.98 Å². The van der Waals surface area contributed by atoms with Crippen LogP contribution in [0.4, 0.5) is 11.6 Å². The molecule has 0 aromatic carbocycles. The molecule has 0 saturated carbocycles. The van der Waals surface area contributed by atoms with Gasteiger partial charge in [-0.1, -0.05) is 26.8 Å². The lowest BCUT2D eigenvalue weighted by atomic mass is 10.1. The van der Waals surface area contributed by atoms with Crippen molar-refractivity contribution in [1.29, 1.82) is 0 Å². The highest BCUT2D eigenvalue weighted by atomic mass is 16.5. The first kappa shape index (κ1) is 15.8. The highest BCUT2D eigenvalue weighted by Crippen LogP contribution is 2.08. The first-order valence-electron chi connectivity index (χ1n) is 7.25. The van der Waals surface area contributed by atoms with E-state index in [1.807, 2.05) is 18.2 Å². The summed E-state index contributed by atoms with van der Waals surface area (Å²) in [5.41, 5.74) is 0. The fourth-order valence-corrected chi connectivity index (χ4v) is 1.56. The number of hydrogen-bond acceptors (Lipinski definition) is 4. The van der Waals surface area contributed by atoms with Crippen LogP contribution in [0.3, 0.4) is 0 Å². The summed E-state index contributed by atoms with van der Waals surface area (Å²) in [6, 6.07) is 5.97. The molecule has 0 aliphatic carbocycles. The van der Waals surface area contributed by atoms with Crippen LogP contribution in [-0.2, 0) is 4.74 Å². The molecule has 1 aromatic rings. The summed E-state index contributed by atoms with van der Waals surface area (Å²) in [5, 5.41) is 6.55. The van der Waals surface area contributed by atoms with Crippen molar-refractivity contribution in [3.05, 3.63) is 18.2 Å². The first-order chi connectivity index (χ1) is 9.22. The summed E-state index contributed by atoms with van der Waals surface area (Å²) in [7, 11) is 0. The maximum absolute atomic E-state index is 5.56. The summed E-state index contributed by atoms with van der Waals surface area (Å²) in [6.45, 7) is 9.87. The fraction of sp³-hybridized carbons (Fsp3) is 0.667. The van der Waals surface area contributed by atoms with Gasteiger partial charge >= 0.3 is 0 Å². The number of hydrogen-bond donors (Lipinski definition) is 2. The van der Waals surface area contributed by atoms with Crippen LogP contribution in [-0.4, -0.2) is 31.3 Å². The van der Waals surface area contributed by atoms with Crippen molar-refractivity contribution in [3.63, 3.8) is 0 Å². The molecule has 19 heavy (non-hydrogen) atoms. The highest BCUT2D eigenvalue weighted by Gasteiger charge is 1.97. The molecule has 1 rings (SSSR count). The van der Waals surface area contributed by atoms with Crippen LogP contribution < -0.4 is 10.6 Å². The summed E-state index contributed by atoms with van der Waals surface area (Å²) in [5.74, 6) is 2.53. The number of pyridine rings is 1. The van der Waals surface area contributed by atoms with Crippen LogP contribution in [0, 0.1) is 5.92 Å². The minimum absolute atomic E-state index is 0.705. The van der Waals surface area contributed by atoms with Crippen molar-refractivity contribution >= 4 is 11.6 Å². The van der Waals surface area contributed by atoms with Gasteiger partial charge in [-0.3, -0.25) is 0 Å². The van der Waals surface area contributed by atoms with Crippen molar-refractivity contribution in [2.24, 2.45) is 5.92 Å². The molecular formula is C15H27N3O. The largest absolute Gasteiger partial charge is 0.380 e. The number of ether oxygens (including phenoxy) is 1. The molecule has 0 aliphatic heterocycles. The molecule has 4 nitrogen and oxygen atoms in total. The van der Waals surface area contributed by atoms with E-state index in [4.69, 9.17) is 4.74 Å². The molecule has 0 fully saturated rings. The average Bonchev–Trinajstić information content (AvgIpc) is 2.40. The van der Waals surface area contributed by atoms with Gasteiger partial charge in [0.2, 0.25) is 0 Å². The maximum Gasteiger partial charge on any atom is 0.128 e. The maximum atomic E-state index is 5.56. The number of rotatable bonds is 10. The van der Waals surface area contributed by atoms with Gasteiger partial charge in [-0.05, 0) is 30.9 Å². The second-order valence-electron chi connectivity index (χ2n) is 5.06. The Morgan fingerprint density at radius 1 is 1.11 bits per heavy atom. The molecule has 0 bridgehead atoms. The molecule has 108 valence electrons. The second kappa shape index (κ2) is 9.62. The van der Waals surface area contributed by atoms with Crippen molar-refractivity contribution < 1.29 is 4.74 Å². The van der Waals surface area contributed by atoms with Gasteiger partial charge in [0.25, 0.3) is 0 Å². The predicted molar refractivity (Wildman–Crippen MR) is 81.8 cm³/mol. The minimum Gasteiger partial charge on any atom is -0.380 e. The van der Waals surface area contributed by atoms with Gasteiger partial charge in [0, 0.05) is 19.7 Å². The monoisotopic (exact) mass is 265 g/mol. The van der Waals surface area contributed by atoms with Gasteiger partial charge < -0.3 is 15.4 Å². The smallest absolute Gasteiger partial charge is 0.128 e. The minimum atomic E-state index is 0.705. The summed E-state index contributed by atoms with van der Waals surface area (Å²) in [4.78, 5) is 4.48. The molecule has 0 unspecified atom stereocenters. The van der Waals surface area contributed by atoms with E-state index in [0.29, 0.717) is 5.92 Å². The van der Waals surface area contributed by atoms with Gasteiger partial charge in [0.15, 0.2) is 0 Å². The third kappa shape index (κ3) is 7.67. The second-order valence-corrected chi connectivity index (χ2v) is 5.06. The van der Waals surface area contributed by atoms with Crippen molar-refractivity contribution in [1.82, 2.24) is 4.98 Å². The van der Waals surface area contributed by atoms with Gasteiger partial charge in [-0.15, -0.1) is 0 Å². The predicted octanol–water partition coefficient (Wildman–Crippen LogP) is 3.38. The van der Waals surface area contributed by atoms with Crippen LogP contribution in [0.25, 0.3) is 0 Å². The van der Waals surface area contributed by atoms with Crippen LogP contribution in [0.5, 0.6) is 0 Å². The Balaban J connectivity index is 2.18. The molecular weight excluding hydrogens is 238 g/mol. The molecule has 1 aromatic heterocycles. The lowest BCUT2D eigenvalue weighted by Gasteiger charge is -2.09. The molecule has 0 spiro atoms. The SMILES string of the molecule is CCCNc1cccc(NCCOCCC(C)C)n1. The zero-order chi connectivity index (χ0) is 13.9. The van der Waals surface area contributed by atoms with E-state index in [-0.39, 0.29) is 0 Å². The molecule has 1 heterocycles. The molecule has 2 N–H and O–H groups in total. The molecule has 0 aliphatic rings. The Bertz CT molecular complexity index is 342. The van der Waals surface area contributed by atoms with Crippen molar-refractivity contribution in [2.45, 2.75) is 33.6 Å². The molecule has 0 saturated heterocycles. The standard InChI is InChI=1S/C15H27N3O/c1-4-9-16-14-6-5-7-15(18-14)17-10-12-19-11-8-13(2)3/h5-7,13H,4,8-12H2,1-3H3,(H2,16,17,18). The van der Waals surface area contributed by atoms with E-state index >= 15 is 0 Å². The normalized spacial score (nSPS) is 10.7. The van der Waals surface area contributed by atoms with E-state index < -0.39 is 0 Å². The summed E-state index contributed by atoms with van der Waals surface area (Å²) in [6.07, 6.45) is 2.22. The molecule has 4 heteroatoms. The van der Waals surface area contributed by atoms with E-state index in [1.54, 1.807) is 0 Å². The topological polar surface area (TPSA) is 46.2 Å². The Hall–Kier alpha value is -1.29. The van der Waals surface area contributed by atoms with E-state index in [1.165, 1.54) is 0 Å². The highest BCUT2D eigenvalue weighted by molar-refractivity contribution is 5.44.